The van der Waals surface area contributed by atoms with Crippen molar-refractivity contribution >= 4 is 28.3 Å². The van der Waals surface area contributed by atoms with Gasteiger partial charge in [0.2, 0.25) is 0 Å². The maximum atomic E-state index is 14.3. The molecule has 0 radical (unpaired) electrons. The van der Waals surface area contributed by atoms with E-state index in [0.717, 1.165) is 11.8 Å². The Morgan fingerprint density at radius 1 is 1.21 bits per heavy atom. The fourth-order valence-electron chi connectivity index (χ4n) is 2.70. The first-order valence-corrected chi connectivity index (χ1v) is 7.62. The second kappa shape index (κ2) is 6.60. The highest BCUT2D eigenvalue weighted by molar-refractivity contribution is 6.29. The highest BCUT2D eigenvalue weighted by Gasteiger charge is 2.18. The van der Waals surface area contributed by atoms with Crippen molar-refractivity contribution in [2.45, 2.75) is 13.5 Å². The Morgan fingerprint density at radius 2 is 2.00 bits per heavy atom. The molecule has 0 unspecified atom stereocenters. The summed E-state index contributed by atoms with van der Waals surface area (Å²) >= 11 is 5.80. The molecule has 0 aliphatic rings. The van der Waals surface area contributed by atoms with Crippen LogP contribution in [0.3, 0.4) is 0 Å². The van der Waals surface area contributed by atoms with E-state index in [0.29, 0.717) is 35.0 Å². The molecule has 0 atom stereocenters. The van der Waals surface area contributed by atoms with Crippen LogP contribution in [0.5, 0.6) is 5.75 Å². The number of nitrogens with zero attached hydrogens (tertiary/aromatic N) is 3. The summed E-state index contributed by atoms with van der Waals surface area (Å²) in [5.41, 5.74) is 1.11. The van der Waals surface area contributed by atoms with Crippen molar-refractivity contribution in [1.29, 1.82) is 0 Å². The number of methoxy groups -OCH3 is 1. The molecular weight excluding hydrogens is 338 g/mol. The van der Waals surface area contributed by atoms with Crippen LogP contribution in [0.1, 0.15) is 5.69 Å². The summed E-state index contributed by atoms with van der Waals surface area (Å²) in [6, 6.07) is 4.15. The van der Waals surface area contributed by atoms with Crippen molar-refractivity contribution in [1.82, 2.24) is 14.5 Å². The van der Waals surface area contributed by atoms with Gasteiger partial charge in [0.15, 0.2) is 17.4 Å². The van der Waals surface area contributed by atoms with Crippen LogP contribution in [-0.4, -0.2) is 28.2 Å². The van der Waals surface area contributed by atoms with Gasteiger partial charge < -0.3 is 14.6 Å². The van der Waals surface area contributed by atoms with Crippen LogP contribution in [0.4, 0.5) is 14.6 Å². The zero-order valence-corrected chi connectivity index (χ0v) is 13.9. The smallest absolute Gasteiger partial charge is 0.168 e. The molecular formula is C16H15ClF2N4O. The second-order valence-electron chi connectivity index (χ2n) is 5.23. The molecule has 0 amide bonds. The minimum absolute atomic E-state index is 0.0452. The first kappa shape index (κ1) is 16.4. The SMILES string of the molecule is COc1c(F)cc(F)c2c1cc(C)n2CCNc1cc(Cl)ncn1. The molecule has 5 nitrogen and oxygen atoms in total. The van der Waals surface area contributed by atoms with Crippen molar-refractivity contribution < 1.29 is 13.5 Å². The summed E-state index contributed by atoms with van der Waals surface area (Å²) in [6.45, 7) is 2.78. The average Bonchev–Trinajstić information content (AvgIpc) is 2.85. The van der Waals surface area contributed by atoms with Crippen LogP contribution in [0, 0.1) is 18.6 Å². The van der Waals surface area contributed by atoms with Crippen LogP contribution >= 0.6 is 11.6 Å². The number of benzene rings is 1. The van der Waals surface area contributed by atoms with E-state index in [1.807, 2.05) is 6.92 Å². The van der Waals surface area contributed by atoms with Gasteiger partial charge in [-0.3, -0.25) is 0 Å². The molecule has 0 aliphatic carbocycles. The van der Waals surface area contributed by atoms with Crippen LogP contribution < -0.4 is 10.1 Å². The number of rotatable bonds is 5. The Labute approximate surface area is 142 Å². The van der Waals surface area contributed by atoms with Gasteiger partial charge in [-0.15, -0.1) is 0 Å². The second-order valence-corrected chi connectivity index (χ2v) is 5.61. The molecule has 0 aliphatic heterocycles. The third kappa shape index (κ3) is 2.99. The van der Waals surface area contributed by atoms with Crippen molar-refractivity contribution in [3.63, 3.8) is 0 Å². The van der Waals surface area contributed by atoms with Gasteiger partial charge in [-0.2, -0.15) is 0 Å². The summed E-state index contributed by atoms with van der Waals surface area (Å²) in [5.74, 6) is -0.716. The summed E-state index contributed by atoms with van der Waals surface area (Å²) in [6.07, 6.45) is 1.36. The molecule has 0 bridgehead atoms. The maximum absolute atomic E-state index is 14.3. The number of hydrogen-bond donors (Lipinski definition) is 1. The molecule has 0 spiro atoms. The van der Waals surface area contributed by atoms with Gasteiger partial charge in [0, 0.05) is 36.3 Å². The fourth-order valence-corrected chi connectivity index (χ4v) is 2.85. The number of nitrogens with one attached hydrogen (secondary N) is 1. The van der Waals surface area contributed by atoms with Gasteiger partial charge in [-0.05, 0) is 13.0 Å². The number of aryl methyl sites for hydroxylation is 1. The Kier molecular flexibility index (Phi) is 4.53. The molecule has 126 valence electrons. The van der Waals surface area contributed by atoms with Crippen molar-refractivity contribution in [2.75, 3.05) is 19.0 Å². The predicted octanol–water partition coefficient (Wildman–Crippen LogP) is 3.79. The van der Waals surface area contributed by atoms with E-state index in [2.05, 4.69) is 15.3 Å². The number of halogens is 3. The van der Waals surface area contributed by atoms with E-state index in [-0.39, 0.29) is 5.75 Å². The lowest BCUT2D eigenvalue weighted by molar-refractivity contribution is 0.390. The van der Waals surface area contributed by atoms with Gasteiger partial charge in [-0.1, -0.05) is 11.6 Å². The Morgan fingerprint density at radius 3 is 2.71 bits per heavy atom. The normalized spacial score (nSPS) is 11.0. The quantitative estimate of drug-likeness (QED) is 0.710. The third-order valence-corrected chi connectivity index (χ3v) is 3.93. The van der Waals surface area contributed by atoms with Crippen molar-refractivity contribution in [3.05, 3.63) is 47.0 Å². The molecule has 2 heterocycles. The van der Waals surface area contributed by atoms with E-state index >= 15 is 0 Å². The van der Waals surface area contributed by atoms with Gasteiger partial charge in [0.1, 0.15) is 17.3 Å². The highest BCUT2D eigenvalue weighted by atomic mass is 35.5. The summed E-state index contributed by atoms with van der Waals surface area (Å²) < 4.78 is 34.9. The Hall–Kier alpha value is -2.41. The molecule has 1 aromatic carbocycles. The van der Waals surface area contributed by atoms with Gasteiger partial charge in [0.25, 0.3) is 0 Å². The summed E-state index contributed by atoms with van der Waals surface area (Å²) in [4.78, 5) is 7.84. The Balaban J connectivity index is 1.88. The largest absolute Gasteiger partial charge is 0.493 e. The number of aromatic nitrogens is 3. The third-order valence-electron chi connectivity index (χ3n) is 3.72. The monoisotopic (exact) mass is 352 g/mol. The standard InChI is InChI=1S/C16H15ClF2N4O/c1-9-5-10-15(11(18)6-12(19)16(10)24-2)23(9)4-3-20-14-7-13(17)21-8-22-14/h5-8H,3-4H2,1-2H3,(H,20,21,22). The lowest BCUT2D eigenvalue weighted by atomic mass is 10.2. The van der Waals surface area contributed by atoms with Crippen LogP contribution in [0.15, 0.2) is 24.5 Å². The number of hydrogen-bond acceptors (Lipinski definition) is 4. The zero-order chi connectivity index (χ0) is 17.3. The van der Waals surface area contributed by atoms with Crippen molar-refractivity contribution in [2.24, 2.45) is 0 Å². The molecule has 8 heteroatoms. The number of anilines is 1. The number of ether oxygens (including phenoxy) is 1. The minimum Gasteiger partial charge on any atom is -0.493 e. The van der Waals surface area contributed by atoms with E-state index in [9.17, 15) is 8.78 Å². The Bertz CT molecular complexity index is 897. The van der Waals surface area contributed by atoms with Gasteiger partial charge >= 0.3 is 0 Å². The molecule has 0 fully saturated rings. The lowest BCUT2D eigenvalue weighted by Gasteiger charge is -2.11. The van der Waals surface area contributed by atoms with E-state index in [1.54, 1.807) is 16.7 Å². The summed E-state index contributed by atoms with van der Waals surface area (Å²) in [5, 5.41) is 3.84. The van der Waals surface area contributed by atoms with Crippen LogP contribution in [0.25, 0.3) is 10.9 Å². The van der Waals surface area contributed by atoms with E-state index in [1.165, 1.54) is 13.4 Å². The molecule has 0 saturated carbocycles. The highest BCUT2D eigenvalue weighted by Crippen LogP contribution is 2.33. The minimum atomic E-state index is -0.714. The summed E-state index contributed by atoms with van der Waals surface area (Å²) in [7, 11) is 1.36. The lowest BCUT2D eigenvalue weighted by Crippen LogP contribution is -2.13. The van der Waals surface area contributed by atoms with E-state index < -0.39 is 11.6 Å². The van der Waals surface area contributed by atoms with E-state index in [4.69, 9.17) is 16.3 Å². The van der Waals surface area contributed by atoms with Gasteiger partial charge in [-0.25, -0.2) is 18.7 Å². The molecule has 0 saturated heterocycles. The fraction of sp³-hybridized carbons (Fsp3) is 0.250. The number of fused-ring (bicyclic) bond motifs is 1. The van der Waals surface area contributed by atoms with Crippen molar-refractivity contribution in [3.8, 4) is 5.75 Å². The molecule has 2 aromatic heterocycles. The van der Waals surface area contributed by atoms with Gasteiger partial charge in [0.05, 0.1) is 12.6 Å². The first-order valence-electron chi connectivity index (χ1n) is 7.24. The zero-order valence-electron chi connectivity index (χ0n) is 13.1. The molecule has 24 heavy (non-hydrogen) atoms. The molecule has 3 aromatic rings. The molecule has 3 rings (SSSR count). The maximum Gasteiger partial charge on any atom is 0.168 e. The average molecular weight is 353 g/mol. The molecule has 1 N–H and O–H groups in total. The van der Waals surface area contributed by atoms with Crippen LogP contribution in [0.2, 0.25) is 5.15 Å². The van der Waals surface area contributed by atoms with Crippen LogP contribution in [-0.2, 0) is 6.54 Å². The topological polar surface area (TPSA) is 52.0 Å². The predicted molar refractivity (Wildman–Crippen MR) is 88.7 cm³/mol. The first-order chi connectivity index (χ1) is 11.5.